The quantitative estimate of drug-likeness (QED) is 0.260. The zero-order chi connectivity index (χ0) is 24.3. The van der Waals surface area contributed by atoms with Crippen LogP contribution in [0.15, 0.2) is 60.7 Å². The van der Waals surface area contributed by atoms with Crippen molar-refractivity contribution in [1.82, 2.24) is 0 Å². The Morgan fingerprint density at radius 2 is 0.848 bits per heavy atom. The molecule has 0 radical (unpaired) electrons. The summed E-state index contributed by atoms with van der Waals surface area (Å²) >= 11 is -2.91. The van der Waals surface area contributed by atoms with Crippen LogP contribution in [0.25, 0.3) is 11.1 Å². The number of hydrogen-bond donors (Lipinski definition) is 0. The summed E-state index contributed by atoms with van der Waals surface area (Å²) in [7, 11) is 0. The molecule has 0 N–H and O–H groups in total. The predicted octanol–water partition coefficient (Wildman–Crippen LogP) is 9.77. The van der Waals surface area contributed by atoms with Crippen molar-refractivity contribution in [2.75, 3.05) is 0 Å². The fraction of sp³-hybridized carbons (Fsp3) is 0.533. The molecule has 1 aliphatic heterocycles. The fourth-order valence-electron chi connectivity index (χ4n) is 8.70. The first-order valence-corrected chi connectivity index (χ1v) is 22.3. The van der Waals surface area contributed by atoms with Crippen molar-refractivity contribution in [3.8, 4) is 0 Å². The van der Waals surface area contributed by atoms with Crippen molar-refractivity contribution < 1.29 is 0 Å². The standard InChI is InChI=1S/C28H40B2.2CH3.Sn/c1-7-25(29(9-3)10-4)27(23-19-15-13-16-20-23)28(24-21-17-14-18-22-24)26(8-2)30(11-5)12-6;;;/h13-22H,7-12H2,1-6H3;2*1H3;. The molecule has 0 nitrogen and oxygen atoms in total. The van der Waals surface area contributed by atoms with Gasteiger partial charge in [0.15, 0.2) is 0 Å². The monoisotopic (exact) mass is 548 g/mol. The van der Waals surface area contributed by atoms with Gasteiger partial charge in [-0.2, -0.15) is 0 Å². The molecular formula is C30H46B2Sn. The molecule has 0 amide bonds. The second-order valence-corrected chi connectivity index (χ2v) is 25.2. The molecule has 2 aromatic carbocycles. The summed E-state index contributed by atoms with van der Waals surface area (Å²) < 4.78 is 0.701. The van der Waals surface area contributed by atoms with Crippen molar-refractivity contribution in [1.29, 1.82) is 0 Å². The van der Waals surface area contributed by atoms with E-state index in [1.807, 2.05) is 0 Å². The van der Waals surface area contributed by atoms with Crippen molar-refractivity contribution in [2.24, 2.45) is 0 Å². The molecule has 0 saturated carbocycles. The van der Waals surface area contributed by atoms with E-state index in [1.165, 1.54) is 49.2 Å². The van der Waals surface area contributed by atoms with E-state index in [2.05, 4.69) is 112 Å². The summed E-state index contributed by atoms with van der Waals surface area (Å²) in [4.78, 5) is 5.72. The van der Waals surface area contributed by atoms with E-state index in [-0.39, 0.29) is 0 Å². The Balaban J connectivity index is 2.61. The molecule has 2 aromatic rings. The molecule has 33 heavy (non-hydrogen) atoms. The molecule has 3 heteroatoms. The van der Waals surface area contributed by atoms with Crippen LogP contribution < -0.4 is 0 Å². The van der Waals surface area contributed by atoms with Gasteiger partial charge in [-0.25, -0.2) is 0 Å². The first-order chi connectivity index (χ1) is 15.9. The molecule has 176 valence electrons. The Hall–Kier alpha value is -0.891. The summed E-state index contributed by atoms with van der Waals surface area (Å²) in [5.41, 5.74) is 6.49. The Labute approximate surface area is 210 Å². The van der Waals surface area contributed by atoms with Crippen LogP contribution in [-0.4, -0.2) is 31.8 Å². The van der Waals surface area contributed by atoms with Crippen LogP contribution >= 0.6 is 0 Å². The van der Waals surface area contributed by atoms with E-state index < -0.39 is 18.4 Å². The third kappa shape index (κ3) is 3.82. The summed E-state index contributed by atoms with van der Waals surface area (Å²) in [6.07, 6.45) is 7.70. The molecule has 1 aliphatic rings. The zero-order valence-electron chi connectivity index (χ0n) is 22.7. The summed E-state index contributed by atoms with van der Waals surface area (Å²) in [6.45, 7) is 16.4. The fourth-order valence-corrected chi connectivity index (χ4v) is 29.3. The third-order valence-electron chi connectivity index (χ3n) is 9.98. The Morgan fingerprint density at radius 1 is 0.545 bits per heavy atom. The topological polar surface area (TPSA) is 0 Å². The van der Waals surface area contributed by atoms with Gasteiger partial charge in [0.2, 0.25) is 0 Å². The third-order valence-corrected chi connectivity index (χ3v) is 28.5. The summed E-state index contributed by atoms with van der Waals surface area (Å²) in [5.74, 6) is 0. The average molecular weight is 547 g/mol. The number of benzene rings is 2. The van der Waals surface area contributed by atoms with Gasteiger partial charge in [0.05, 0.1) is 0 Å². The van der Waals surface area contributed by atoms with E-state index >= 15 is 0 Å². The van der Waals surface area contributed by atoms with E-state index in [9.17, 15) is 0 Å². The van der Waals surface area contributed by atoms with Crippen LogP contribution in [0.3, 0.4) is 0 Å². The average Bonchev–Trinajstić information content (AvgIpc) is 3.03. The first-order valence-electron chi connectivity index (χ1n) is 13.7. The molecule has 1 heterocycles. The van der Waals surface area contributed by atoms with Crippen molar-refractivity contribution in [2.45, 2.75) is 96.2 Å². The van der Waals surface area contributed by atoms with Gasteiger partial charge in [-0.3, -0.25) is 0 Å². The number of rotatable bonds is 10. The molecule has 3 rings (SSSR count). The van der Waals surface area contributed by atoms with E-state index in [0.29, 0.717) is 6.66 Å². The van der Waals surface area contributed by atoms with Crippen LogP contribution in [0.4, 0.5) is 0 Å². The van der Waals surface area contributed by atoms with Crippen LogP contribution in [0, 0.1) is 0 Å². The maximum atomic E-state index is 2.86. The second kappa shape index (κ2) is 10.8. The van der Waals surface area contributed by atoms with Gasteiger partial charge in [0.1, 0.15) is 0 Å². The van der Waals surface area contributed by atoms with Crippen LogP contribution in [0.1, 0.15) is 65.5 Å². The van der Waals surface area contributed by atoms with E-state index in [4.69, 9.17) is 0 Å². The first kappa shape index (κ1) is 26.7. The van der Waals surface area contributed by atoms with Gasteiger partial charge in [-0.1, -0.05) is 0 Å². The molecule has 0 unspecified atom stereocenters. The zero-order valence-corrected chi connectivity index (χ0v) is 25.5. The minimum atomic E-state index is -2.91. The molecule has 0 aromatic heterocycles. The van der Waals surface area contributed by atoms with Gasteiger partial charge < -0.3 is 0 Å². The minimum absolute atomic E-state index is 0.351. The normalized spacial score (nSPS) is 24.2. The molecular weight excluding hydrogens is 501 g/mol. The van der Waals surface area contributed by atoms with Gasteiger partial charge in [-0.05, 0) is 0 Å². The molecule has 0 fully saturated rings. The number of allylic oxidation sites excluding steroid dienone is 2. The SMILES string of the molecule is CCB(CC)[C@@]1(CC)C(c2ccccc2)=C(c2ccccc2)[C@@](CC)(B(CC)CC)[Sn]1([CH3])[CH3]. The van der Waals surface area contributed by atoms with Crippen molar-refractivity contribution in [3.63, 3.8) is 0 Å². The summed E-state index contributed by atoms with van der Waals surface area (Å²) in [5, 5.41) is 0. The molecule has 0 aliphatic carbocycles. The van der Waals surface area contributed by atoms with Crippen molar-refractivity contribution in [3.05, 3.63) is 71.8 Å². The molecule has 2 atom stereocenters. The summed E-state index contributed by atoms with van der Waals surface area (Å²) in [6, 6.07) is 23.1. The second-order valence-electron chi connectivity index (χ2n) is 10.8. The van der Waals surface area contributed by atoms with Gasteiger partial charge in [0.25, 0.3) is 0 Å². The van der Waals surface area contributed by atoms with Crippen LogP contribution in [-0.2, 0) is 0 Å². The molecule has 0 spiro atoms. The van der Waals surface area contributed by atoms with Crippen LogP contribution in [0.5, 0.6) is 0 Å². The van der Waals surface area contributed by atoms with Crippen LogP contribution in [0.2, 0.25) is 41.8 Å². The van der Waals surface area contributed by atoms with E-state index in [1.54, 1.807) is 11.1 Å². The Morgan fingerprint density at radius 3 is 1.09 bits per heavy atom. The predicted molar refractivity (Wildman–Crippen MR) is 157 cm³/mol. The number of hydrogen-bond acceptors (Lipinski definition) is 0. The Kier molecular flexibility index (Phi) is 8.74. The maximum absolute atomic E-state index is 2.91. The Bertz CT molecular complexity index is 853. The van der Waals surface area contributed by atoms with Crippen molar-refractivity contribution >= 4 is 42.9 Å². The van der Waals surface area contributed by atoms with E-state index in [0.717, 1.165) is 13.4 Å². The van der Waals surface area contributed by atoms with Gasteiger partial charge in [-0.15, -0.1) is 0 Å². The van der Waals surface area contributed by atoms with Gasteiger partial charge in [0, 0.05) is 0 Å². The van der Waals surface area contributed by atoms with Gasteiger partial charge >= 0.3 is 211 Å². The molecule has 0 bridgehead atoms. The molecule has 0 saturated heterocycles.